The van der Waals surface area contributed by atoms with E-state index in [0.717, 1.165) is 31.6 Å². The summed E-state index contributed by atoms with van der Waals surface area (Å²) in [5.41, 5.74) is 1.04. The van der Waals surface area contributed by atoms with E-state index >= 15 is 0 Å². The topological polar surface area (TPSA) is 51.2 Å². The van der Waals surface area contributed by atoms with Crippen molar-refractivity contribution in [1.29, 1.82) is 0 Å². The Morgan fingerprint density at radius 2 is 2.32 bits per heavy atom. The summed E-state index contributed by atoms with van der Waals surface area (Å²) in [4.78, 5) is 16.4. The Morgan fingerprint density at radius 3 is 2.89 bits per heavy atom. The molecule has 2 heterocycles. The number of aromatic nitrogens is 1. The minimum atomic E-state index is 0.00158. The van der Waals surface area contributed by atoms with Crippen LogP contribution in [-0.4, -0.2) is 23.6 Å². The van der Waals surface area contributed by atoms with E-state index in [1.807, 2.05) is 5.38 Å². The first-order valence-corrected chi connectivity index (χ1v) is 7.70. The smallest absolute Gasteiger partial charge is 0.228 e. The van der Waals surface area contributed by atoms with Gasteiger partial charge in [-0.25, -0.2) is 4.98 Å². The Labute approximate surface area is 118 Å². The number of carbonyl (C=O) groups excluding carboxylic acids is 1. The van der Waals surface area contributed by atoms with E-state index in [1.165, 1.54) is 11.3 Å². The molecule has 19 heavy (non-hydrogen) atoms. The van der Waals surface area contributed by atoms with Crippen molar-refractivity contribution in [3.63, 3.8) is 0 Å². The summed E-state index contributed by atoms with van der Waals surface area (Å²) in [7, 11) is 0. The molecule has 0 bridgehead atoms. The summed E-state index contributed by atoms with van der Waals surface area (Å²) >= 11 is 1.48. The highest BCUT2D eigenvalue weighted by Gasteiger charge is 2.20. The van der Waals surface area contributed by atoms with Crippen molar-refractivity contribution >= 4 is 22.4 Å². The Kier molecular flexibility index (Phi) is 4.58. The number of hydrogen-bond acceptors (Lipinski definition) is 4. The maximum absolute atomic E-state index is 11.9. The van der Waals surface area contributed by atoms with E-state index in [1.54, 1.807) is 0 Å². The Hall–Kier alpha value is -0.940. The third-order valence-corrected chi connectivity index (χ3v) is 3.96. The van der Waals surface area contributed by atoms with Crippen molar-refractivity contribution in [3.05, 3.63) is 11.1 Å². The van der Waals surface area contributed by atoms with E-state index in [4.69, 9.17) is 4.74 Å². The zero-order chi connectivity index (χ0) is 13.9. The molecule has 1 atom stereocenters. The number of rotatable bonds is 3. The lowest BCUT2D eigenvalue weighted by Crippen LogP contribution is -2.25. The van der Waals surface area contributed by atoms with Gasteiger partial charge >= 0.3 is 0 Å². The van der Waals surface area contributed by atoms with Gasteiger partial charge in [0.25, 0.3) is 0 Å². The molecule has 106 valence electrons. The fraction of sp³-hybridized carbons (Fsp3) is 0.714. The van der Waals surface area contributed by atoms with E-state index in [9.17, 15) is 4.79 Å². The molecule has 0 radical (unpaired) electrons. The molecule has 1 aliphatic heterocycles. The Balaban J connectivity index is 1.86. The molecule has 0 aromatic carbocycles. The lowest BCUT2D eigenvalue weighted by Gasteiger charge is -2.21. The summed E-state index contributed by atoms with van der Waals surface area (Å²) in [5.74, 6) is 0.00158. The highest BCUT2D eigenvalue weighted by molar-refractivity contribution is 7.13. The van der Waals surface area contributed by atoms with Crippen LogP contribution >= 0.6 is 11.3 Å². The van der Waals surface area contributed by atoms with Crippen molar-refractivity contribution < 1.29 is 9.53 Å². The number of nitrogens with one attached hydrogen (secondary N) is 1. The SMILES string of the molecule is CC(C)(C)c1csc(NC(=O)C[C@H]2CCCCO2)n1. The van der Waals surface area contributed by atoms with Gasteiger partial charge in [-0.3, -0.25) is 4.79 Å². The van der Waals surface area contributed by atoms with Crippen molar-refractivity contribution in [3.8, 4) is 0 Å². The van der Waals surface area contributed by atoms with Gasteiger partial charge in [-0.15, -0.1) is 11.3 Å². The highest BCUT2D eigenvalue weighted by Crippen LogP contribution is 2.26. The normalized spacial score (nSPS) is 20.3. The van der Waals surface area contributed by atoms with Crippen LogP contribution in [0.2, 0.25) is 0 Å². The van der Waals surface area contributed by atoms with Gasteiger partial charge in [-0.2, -0.15) is 0 Å². The van der Waals surface area contributed by atoms with Crippen LogP contribution in [0.3, 0.4) is 0 Å². The summed E-state index contributed by atoms with van der Waals surface area (Å²) in [6, 6.07) is 0. The summed E-state index contributed by atoms with van der Waals surface area (Å²) in [6.45, 7) is 7.12. The van der Waals surface area contributed by atoms with Crippen molar-refractivity contribution in [2.75, 3.05) is 11.9 Å². The first-order valence-electron chi connectivity index (χ1n) is 6.82. The van der Waals surface area contributed by atoms with Gasteiger partial charge in [0.05, 0.1) is 18.2 Å². The summed E-state index contributed by atoms with van der Waals surface area (Å²) in [5, 5.41) is 5.56. The molecule has 1 aromatic rings. The Bertz CT molecular complexity index is 431. The van der Waals surface area contributed by atoms with E-state index in [2.05, 4.69) is 31.1 Å². The molecule has 2 rings (SSSR count). The van der Waals surface area contributed by atoms with Crippen molar-refractivity contribution in [2.45, 2.75) is 58.0 Å². The van der Waals surface area contributed by atoms with Gasteiger partial charge in [0.1, 0.15) is 0 Å². The predicted molar refractivity (Wildman–Crippen MR) is 77.7 cm³/mol. The maximum Gasteiger partial charge on any atom is 0.228 e. The van der Waals surface area contributed by atoms with Gasteiger partial charge in [-0.1, -0.05) is 20.8 Å². The van der Waals surface area contributed by atoms with Crippen LogP contribution in [0, 0.1) is 0 Å². The summed E-state index contributed by atoms with van der Waals surface area (Å²) in [6.07, 6.45) is 3.77. The second kappa shape index (κ2) is 6.01. The first-order chi connectivity index (χ1) is 8.95. The van der Waals surface area contributed by atoms with Gasteiger partial charge in [0.2, 0.25) is 5.91 Å². The number of nitrogens with zero attached hydrogens (tertiary/aromatic N) is 1. The molecule has 1 aliphatic rings. The van der Waals surface area contributed by atoms with Crippen molar-refractivity contribution in [1.82, 2.24) is 4.98 Å². The minimum absolute atomic E-state index is 0.00158. The van der Waals surface area contributed by atoms with Crippen LogP contribution in [0.4, 0.5) is 5.13 Å². The fourth-order valence-electron chi connectivity index (χ4n) is 2.02. The van der Waals surface area contributed by atoms with Crippen LogP contribution in [0.5, 0.6) is 0 Å². The average molecular weight is 282 g/mol. The molecule has 0 spiro atoms. The molecule has 1 saturated heterocycles. The van der Waals surface area contributed by atoms with Gasteiger partial charge < -0.3 is 10.1 Å². The lowest BCUT2D eigenvalue weighted by molar-refractivity contribution is -0.119. The Morgan fingerprint density at radius 1 is 1.53 bits per heavy atom. The van der Waals surface area contributed by atoms with Crippen molar-refractivity contribution in [2.24, 2.45) is 0 Å². The molecule has 1 fully saturated rings. The second-order valence-corrected chi connectivity index (χ2v) is 6.89. The molecule has 0 unspecified atom stereocenters. The third kappa shape index (κ3) is 4.28. The van der Waals surface area contributed by atoms with Crippen LogP contribution in [-0.2, 0) is 14.9 Å². The molecule has 1 aromatic heterocycles. The van der Waals surface area contributed by atoms with Gasteiger partial charge in [-0.05, 0) is 19.3 Å². The second-order valence-electron chi connectivity index (χ2n) is 6.03. The van der Waals surface area contributed by atoms with E-state index in [-0.39, 0.29) is 17.4 Å². The molecule has 1 N–H and O–H groups in total. The molecule has 0 saturated carbocycles. The number of hydrogen-bond donors (Lipinski definition) is 1. The van der Waals surface area contributed by atoms with Gasteiger partial charge in [0, 0.05) is 17.4 Å². The first kappa shape index (κ1) is 14.5. The minimum Gasteiger partial charge on any atom is -0.378 e. The number of amides is 1. The van der Waals surface area contributed by atoms with Gasteiger partial charge in [0.15, 0.2) is 5.13 Å². The molecule has 1 amide bonds. The average Bonchev–Trinajstić information content (AvgIpc) is 2.78. The standard InChI is InChI=1S/C14H22N2O2S/c1-14(2,3)11-9-19-13(15-11)16-12(17)8-10-6-4-5-7-18-10/h9-10H,4-8H2,1-3H3,(H,15,16,17)/t10-/m1/s1. The zero-order valence-electron chi connectivity index (χ0n) is 11.9. The van der Waals surface area contributed by atoms with E-state index < -0.39 is 0 Å². The lowest BCUT2D eigenvalue weighted by atomic mass is 9.93. The monoisotopic (exact) mass is 282 g/mol. The van der Waals surface area contributed by atoms with Crippen LogP contribution in [0.1, 0.15) is 52.1 Å². The summed E-state index contributed by atoms with van der Waals surface area (Å²) < 4.78 is 5.57. The number of ether oxygens (including phenoxy) is 1. The predicted octanol–water partition coefficient (Wildman–Crippen LogP) is 3.34. The van der Waals surface area contributed by atoms with Crippen LogP contribution < -0.4 is 5.32 Å². The van der Waals surface area contributed by atoms with Crippen LogP contribution in [0.25, 0.3) is 0 Å². The number of thiazole rings is 1. The molecule has 4 nitrogen and oxygen atoms in total. The molecular weight excluding hydrogens is 260 g/mol. The van der Waals surface area contributed by atoms with E-state index in [0.29, 0.717) is 11.6 Å². The number of anilines is 1. The third-order valence-electron chi connectivity index (χ3n) is 3.21. The largest absolute Gasteiger partial charge is 0.378 e. The quantitative estimate of drug-likeness (QED) is 0.925. The fourth-order valence-corrected chi connectivity index (χ4v) is 2.97. The zero-order valence-corrected chi connectivity index (χ0v) is 12.7. The number of carbonyl (C=O) groups is 1. The highest BCUT2D eigenvalue weighted by atomic mass is 32.1. The maximum atomic E-state index is 11.9. The molecule has 0 aliphatic carbocycles. The van der Waals surface area contributed by atoms with Crippen LogP contribution in [0.15, 0.2) is 5.38 Å². The molecular formula is C14H22N2O2S. The molecule has 5 heteroatoms.